The van der Waals surface area contributed by atoms with Crippen LogP contribution in [0.15, 0.2) is 47.5 Å². The first kappa shape index (κ1) is 18.5. The third-order valence-corrected chi connectivity index (χ3v) is 5.59. The van der Waals surface area contributed by atoms with Gasteiger partial charge < -0.3 is 15.0 Å². The van der Waals surface area contributed by atoms with Gasteiger partial charge in [-0.25, -0.2) is 4.99 Å². The molecule has 1 heterocycles. The van der Waals surface area contributed by atoms with E-state index in [1.165, 1.54) is 0 Å². The molecule has 5 nitrogen and oxygen atoms in total. The lowest BCUT2D eigenvalue weighted by Crippen LogP contribution is -2.31. The monoisotopic (exact) mass is 377 g/mol. The van der Waals surface area contributed by atoms with Gasteiger partial charge in [0.1, 0.15) is 17.3 Å². The molecule has 1 amide bonds. The molecule has 1 aliphatic carbocycles. The van der Waals surface area contributed by atoms with Crippen molar-refractivity contribution in [3.05, 3.63) is 48.0 Å². The summed E-state index contributed by atoms with van der Waals surface area (Å²) < 4.78 is 6.18. The van der Waals surface area contributed by atoms with E-state index in [0.717, 1.165) is 73.0 Å². The summed E-state index contributed by atoms with van der Waals surface area (Å²) >= 11 is 0. The SMILES string of the molecule is CCN(CC)C1=Nc2ccccc2Oc2ccc(NC(=O)C3CCCC3)cc21. The molecule has 2 aromatic carbocycles. The lowest BCUT2D eigenvalue weighted by atomic mass is 10.1. The maximum absolute atomic E-state index is 12.6. The molecule has 28 heavy (non-hydrogen) atoms. The third kappa shape index (κ3) is 3.61. The number of amides is 1. The van der Waals surface area contributed by atoms with Gasteiger partial charge >= 0.3 is 0 Å². The molecule has 0 bridgehead atoms. The number of amidine groups is 1. The Labute approximate surface area is 166 Å². The number of rotatable bonds is 4. The largest absolute Gasteiger partial charge is 0.454 e. The molecular formula is C23H27N3O2. The van der Waals surface area contributed by atoms with E-state index in [0.29, 0.717) is 0 Å². The molecule has 0 saturated heterocycles. The highest BCUT2D eigenvalue weighted by molar-refractivity contribution is 6.05. The number of hydrogen-bond donors (Lipinski definition) is 1. The molecule has 0 aromatic heterocycles. The van der Waals surface area contributed by atoms with Crippen molar-refractivity contribution in [3.8, 4) is 11.5 Å². The molecule has 2 aromatic rings. The number of carbonyl (C=O) groups excluding carboxylic acids is 1. The van der Waals surface area contributed by atoms with Crippen LogP contribution in [0, 0.1) is 5.92 Å². The van der Waals surface area contributed by atoms with Gasteiger partial charge in [0.05, 0.1) is 5.56 Å². The topological polar surface area (TPSA) is 53.9 Å². The third-order valence-electron chi connectivity index (χ3n) is 5.59. The number of anilines is 1. The summed E-state index contributed by atoms with van der Waals surface area (Å²) in [7, 11) is 0. The number of ether oxygens (including phenoxy) is 1. The van der Waals surface area contributed by atoms with E-state index < -0.39 is 0 Å². The zero-order valence-corrected chi connectivity index (χ0v) is 16.6. The van der Waals surface area contributed by atoms with Crippen LogP contribution in [-0.2, 0) is 4.79 Å². The lowest BCUT2D eigenvalue weighted by molar-refractivity contribution is -0.119. The Hall–Kier alpha value is -2.82. The van der Waals surface area contributed by atoms with Crippen molar-refractivity contribution in [2.75, 3.05) is 18.4 Å². The summed E-state index contributed by atoms with van der Waals surface area (Å²) in [6.45, 7) is 5.93. The maximum atomic E-state index is 12.6. The highest BCUT2D eigenvalue weighted by Crippen LogP contribution is 2.39. The molecule has 1 saturated carbocycles. The molecule has 0 radical (unpaired) electrons. The Morgan fingerprint density at radius 2 is 1.86 bits per heavy atom. The molecular weight excluding hydrogens is 350 g/mol. The predicted molar refractivity (Wildman–Crippen MR) is 113 cm³/mol. The summed E-state index contributed by atoms with van der Waals surface area (Å²) in [6.07, 6.45) is 4.27. The van der Waals surface area contributed by atoms with Gasteiger partial charge in [-0.15, -0.1) is 0 Å². The van der Waals surface area contributed by atoms with Gasteiger partial charge in [0, 0.05) is 24.7 Å². The van der Waals surface area contributed by atoms with Gasteiger partial charge in [0.2, 0.25) is 5.91 Å². The summed E-state index contributed by atoms with van der Waals surface area (Å²) in [4.78, 5) is 19.7. The van der Waals surface area contributed by atoms with Gasteiger partial charge in [-0.1, -0.05) is 25.0 Å². The van der Waals surface area contributed by atoms with Crippen LogP contribution in [-0.4, -0.2) is 29.7 Å². The van der Waals surface area contributed by atoms with E-state index in [4.69, 9.17) is 9.73 Å². The fourth-order valence-electron chi connectivity index (χ4n) is 4.00. The molecule has 0 spiro atoms. The Morgan fingerprint density at radius 3 is 2.61 bits per heavy atom. The molecule has 0 unspecified atom stereocenters. The van der Waals surface area contributed by atoms with Crippen LogP contribution in [0.2, 0.25) is 0 Å². The number of aliphatic imine (C=N–C) groups is 1. The zero-order valence-electron chi connectivity index (χ0n) is 16.6. The number of nitrogens with one attached hydrogen (secondary N) is 1. The first-order chi connectivity index (χ1) is 13.7. The lowest BCUT2D eigenvalue weighted by Gasteiger charge is -2.23. The average molecular weight is 377 g/mol. The number of carbonyl (C=O) groups is 1. The Morgan fingerprint density at radius 1 is 1.11 bits per heavy atom. The minimum absolute atomic E-state index is 0.122. The fourth-order valence-corrected chi connectivity index (χ4v) is 4.00. The minimum Gasteiger partial charge on any atom is -0.454 e. The maximum Gasteiger partial charge on any atom is 0.227 e. The normalized spacial score (nSPS) is 15.7. The second-order valence-corrected chi connectivity index (χ2v) is 7.36. The molecule has 0 atom stereocenters. The van der Waals surface area contributed by atoms with E-state index in [1.807, 2.05) is 42.5 Å². The van der Waals surface area contributed by atoms with Crippen LogP contribution in [0.1, 0.15) is 45.1 Å². The smallest absolute Gasteiger partial charge is 0.227 e. The van der Waals surface area contributed by atoms with Crippen molar-refractivity contribution >= 4 is 23.1 Å². The molecule has 2 aliphatic rings. The van der Waals surface area contributed by atoms with Crippen molar-refractivity contribution < 1.29 is 9.53 Å². The molecule has 4 rings (SSSR count). The zero-order chi connectivity index (χ0) is 19.5. The molecule has 5 heteroatoms. The van der Waals surface area contributed by atoms with Crippen molar-refractivity contribution in [1.82, 2.24) is 4.90 Å². The van der Waals surface area contributed by atoms with E-state index in [9.17, 15) is 4.79 Å². The van der Waals surface area contributed by atoms with E-state index >= 15 is 0 Å². The number of nitrogens with zero attached hydrogens (tertiary/aromatic N) is 2. The van der Waals surface area contributed by atoms with Gasteiger partial charge in [-0.2, -0.15) is 0 Å². The van der Waals surface area contributed by atoms with Gasteiger partial charge in [-0.3, -0.25) is 4.79 Å². The molecule has 1 fully saturated rings. The Bertz CT molecular complexity index is 896. The first-order valence-corrected chi connectivity index (χ1v) is 10.3. The highest BCUT2D eigenvalue weighted by Gasteiger charge is 2.25. The van der Waals surface area contributed by atoms with Crippen LogP contribution in [0.4, 0.5) is 11.4 Å². The van der Waals surface area contributed by atoms with Crippen molar-refractivity contribution in [2.24, 2.45) is 10.9 Å². The number of benzene rings is 2. The van der Waals surface area contributed by atoms with Crippen LogP contribution in [0.5, 0.6) is 11.5 Å². The van der Waals surface area contributed by atoms with Crippen LogP contribution < -0.4 is 10.1 Å². The summed E-state index contributed by atoms with van der Waals surface area (Å²) in [6, 6.07) is 13.7. The van der Waals surface area contributed by atoms with Gasteiger partial charge in [0.15, 0.2) is 5.75 Å². The Kier molecular flexibility index (Phi) is 5.33. The minimum atomic E-state index is 0.122. The van der Waals surface area contributed by atoms with Crippen LogP contribution in [0.25, 0.3) is 0 Å². The van der Waals surface area contributed by atoms with E-state index in [1.54, 1.807) is 0 Å². The molecule has 146 valence electrons. The summed E-state index contributed by atoms with van der Waals surface area (Å²) in [5, 5.41) is 3.10. The number of para-hydroxylation sites is 2. The van der Waals surface area contributed by atoms with Crippen molar-refractivity contribution in [1.29, 1.82) is 0 Å². The van der Waals surface area contributed by atoms with Gasteiger partial charge in [-0.05, 0) is 57.0 Å². The van der Waals surface area contributed by atoms with Gasteiger partial charge in [0.25, 0.3) is 0 Å². The number of fused-ring (bicyclic) bond motifs is 2. The summed E-state index contributed by atoms with van der Waals surface area (Å²) in [5.41, 5.74) is 2.52. The van der Waals surface area contributed by atoms with E-state index in [-0.39, 0.29) is 11.8 Å². The fraction of sp³-hybridized carbons (Fsp3) is 0.391. The molecule has 1 aliphatic heterocycles. The summed E-state index contributed by atoms with van der Waals surface area (Å²) in [5.74, 6) is 2.64. The first-order valence-electron chi connectivity index (χ1n) is 10.3. The van der Waals surface area contributed by atoms with Crippen LogP contribution in [0.3, 0.4) is 0 Å². The second-order valence-electron chi connectivity index (χ2n) is 7.36. The Balaban J connectivity index is 1.72. The highest BCUT2D eigenvalue weighted by atomic mass is 16.5. The predicted octanol–water partition coefficient (Wildman–Crippen LogP) is 5.34. The molecule has 1 N–H and O–H groups in total. The van der Waals surface area contributed by atoms with Crippen LogP contribution >= 0.6 is 0 Å². The van der Waals surface area contributed by atoms with Crippen molar-refractivity contribution in [3.63, 3.8) is 0 Å². The second kappa shape index (κ2) is 8.05. The average Bonchev–Trinajstić information content (AvgIpc) is 3.20. The van der Waals surface area contributed by atoms with Crippen molar-refractivity contribution in [2.45, 2.75) is 39.5 Å². The standard InChI is InChI=1S/C23H27N3O2/c1-3-26(4-2)22-18-15-17(24-23(27)16-9-5-6-10-16)13-14-20(18)28-21-12-8-7-11-19(21)25-22/h7-8,11-16H,3-6,9-10H2,1-2H3,(H,24,27). The van der Waals surface area contributed by atoms with E-state index in [2.05, 4.69) is 24.1 Å². The quantitative estimate of drug-likeness (QED) is 0.782. The number of hydrogen-bond acceptors (Lipinski definition) is 4.